The molecule has 1 aromatic carbocycles. The molecule has 1 fully saturated rings. The molecule has 20 heavy (non-hydrogen) atoms. The van der Waals surface area contributed by atoms with Gasteiger partial charge in [-0.15, -0.1) is 0 Å². The van der Waals surface area contributed by atoms with Crippen molar-refractivity contribution in [2.45, 2.75) is 37.7 Å². The Bertz CT molecular complexity index is 769. The number of aliphatic hydroxyl groups is 1. The topological polar surface area (TPSA) is 37.5 Å². The van der Waals surface area contributed by atoms with E-state index in [1.807, 2.05) is 24.3 Å². The van der Waals surface area contributed by atoms with Crippen LogP contribution < -0.4 is 0 Å². The van der Waals surface area contributed by atoms with Gasteiger partial charge in [0.2, 0.25) is 0 Å². The maximum Gasteiger partial charge on any atom is 0.109 e. The van der Waals surface area contributed by atoms with Crippen molar-refractivity contribution >= 4 is 16.6 Å². The van der Waals surface area contributed by atoms with Crippen molar-refractivity contribution in [1.82, 2.24) is 9.38 Å². The van der Waals surface area contributed by atoms with E-state index in [0.29, 0.717) is 0 Å². The Labute approximate surface area is 117 Å². The molecular formula is C17H18N2O. The molecule has 0 radical (unpaired) electrons. The maximum atomic E-state index is 11.0. The molecule has 3 nitrogen and oxygen atoms in total. The SMILES string of the molecule is OC1(c2nc3ccccc3n3cccc23)CCCCC1. The van der Waals surface area contributed by atoms with Gasteiger partial charge in [-0.1, -0.05) is 31.4 Å². The number of hydrogen-bond acceptors (Lipinski definition) is 2. The number of aromatic nitrogens is 2. The first-order valence-electron chi connectivity index (χ1n) is 7.37. The number of para-hydroxylation sites is 2. The Morgan fingerprint density at radius 3 is 2.55 bits per heavy atom. The lowest BCUT2D eigenvalue weighted by molar-refractivity contribution is -0.00317. The van der Waals surface area contributed by atoms with Crippen LogP contribution in [-0.2, 0) is 5.60 Å². The fourth-order valence-corrected chi connectivity index (χ4v) is 3.44. The van der Waals surface area contributed by atoms with Crippen LogP contribution in [0.25, 0.3) is 16.6 Å². The first-order valence-corrected chi connectivity index (χ1v) is 7.37. The van der Waals surface area contributed by atoms with Crippen LogP contribution in [0.15, 0.2) is 42.6 Å². The normalized spacial score (nSPS) is 18.6. The van der Waals surface area contributed by atoms with E-state index in [2.05, 4.69) is 22.7 Å². The summed E-state index contributed by atoms with van der Waals surface area (Å²) in [5, 5.41) is 11.0. The van der Waals surface area contributed by atoms with Crippen molar-refractivity contribution in [3.8, 4) is 0 Å². The highest BCUT2D eigenvalue weighted by Gasteiger charge is 2.34. The van der Waals surface area contributed by atoms with E-state index in [1.54, 1.807) is 0 Å². The number of nitrogens with zero attached hydrogens (tertiary/aromatic N) is 2. The summed E-state index contributed by atoms with van der Waals surface area (Å²) in [5.41, 5.74) is 3.16. The second kappa shape index (κ2) is 4.32. The van der Waals surface area contributed by atoms with Gasteiger partial charge in [-0.2, -0.15) is 0 Å². The van der Waals surface area contributed by atoms with Gasteiger partial charge in [-0.3, -0.25) is 0 Å². The summed E-state index contributed by atoms with van der Waals surface area (Å²) in [5.74, 6) is 0. The summed E-state index contributed by atoms with van der Waals surface area (Å²) >= 11 is 0. The predicted molar refractivity (Wildman–Crippen MR) is 79.7 cm³/mol. The van der Waals surface area contributed by atoms with Gasteiger partial charge < -0.3 is 9.51 Å². The molecule has 4 rings (SSSR count). The zero-order valence-corrected chi connectivity index (χ0v) is 11.4. The van der Waals surface area contributed by atoms with Crippen molar-refractivity contribution in [3.63, 3.8) is 0 Å². The van der Waals surface area contributed by atoms with Gasteiger partial charge >= 0.3 is 0 Å². The van der Waals surface area contributed by atoms with Crippen molar-refractivity contribution in [1.29, 1.82) is 0 Å². The summed E-state index contributed by atoms with van der Waals surface area (Å²) in [6.45, 7) is 0. The lowest BCUT2D eigenvalue weighted by atomic mass is 9.82. The molecule has 102 valence electrons. The van der Waals surface area contributed by atoms with E-state index in [-0.39, 0.29) is 0 Å². The van der Waals surface area contributed by atoms with Crippen LogP contribution in [0.5, 0.6) is 0 Å². The molecule has 0 unspecified atom stereocenters. The molecule has 0 atom stereocenters. The van der Waals surface area contributed by atoms with Crippen LogP contribution >= 0.6 is 0 Å². The standard InChI is InChI=1S/C17H18N2O/c20-17(10-4-1-5-11-17)16-15-9-6-12-19(15)14-8-3-2-7-13(14)18-16/h2-3,6-9,12,20H,1,4-5,10-11H2. The molecule has 0 saturated heterocycles. The third kappa shape index (κ3) is 1.66. The molecule has 2 heterocycles. The minimum Gasteiger partial charge on any atom is -0.383 e. The van der Waals surface area contributed by atoms with Gasteiger partial charge in [0.25, 0.3) is 0 Å². The molecule has 0 spiro atoms. The first-order chi connectivity index (χ1) is 9.78. The lowest BCUT2D eigenvalue weighted by Gasteiger charge is -2.32. The summed E-state index contributed by atoms with van der Waals surface area (Å²) < 4.78 is 2.14. The Kier molecular flexibility index (Phi) is 2.57. The van der Waals surface area contributed by atoms with Crippen LogP contribution in [0.3, 0.4) is 0 Å². The van der Waals surface area contributed by atoms with Crippen molar-refractivity contribution < 1.29 is 5.11 Å². The monoisotopic (exact) mass is 266 g/mol. The Hall–Kier alpha value is -1.87. The lowest BCUT2D eigenvalue weighted by Crippen LogP contribution is -2.30. The number of rotatable bonds is 1. The highest BCUT2D eigenvalue weighted by Crippen LogP contribution is 2.38. The minimum absolute atomic E-state index is 0.762. The summed E-state index contributed by atoms with van der Waals surface area (Å²) in [7, 11) is 0. The Morgan fingerprint density at radius 1 is 0.950 bits per heavy atom. The second-order valence-corrected chi connectivity index (χ2v) is 5.80. The van der Waals surface area contributed by atoms with Crippen molar-refractivity contribution in [2.24, 2.45) is 0 Å². The molecular weight excluding hydrogens is 248 g/mol. The molecule has 1 aliphatic carbocycles. The van der Waals surface area contributed by atoms with Gasteiger partial charge in [0.15, 0.2) is 0 Å². The average Bonchev–Trinajstić information content (AvgIpc) is 2.96. The maximum absolute atomic E-state index is 11.0. The van der Waals surface area contributed by atoms with Crippen LogP contribution in [-0.4, -0.2) is 14.5 Å². The smallest absolute Gasteiger partial charge is 0.109 e. The van der Waals surface area contributed by atoms with E-state index < -0.39 is 5.60 Å². The summed E-state index contributed by atoms with van der Waals surface area (Å²) in [4.78, 5) is 4.80. The number of fused-ring (bicyclic) bond motifs is 3. The van der Waals surface area contributed by atoms with E-state index in [9.17, 15) is 5.11 Å². The van der Waals surface area contributed by atoms with E-state index in [1.165, 1.54) is 6.42 Å². The van der Waals surface area contributed by atoms with Gasteiger partial charge in [0.1, 0.15) is 5.60 Å². The van der Waals surface area contributed by atoms with Crippen LogP contribution in [0.1, 0.15) is 37.8 Å². The molecule has 3 heteroatoms. The third-order valence-corrected chi connectivity index (χ3v) is 4.49. The molecule has 2 aromatic heterocycles. The van der Waals surface area contributed by atoms with Crippen LogP contribution in [0.2, 0.25) is 0 Å². The van der Waals surface area contributed by atoms with Gasteiger partial charge in [-0.25, -0.2) is 4.98 Å². The highest BCUT2D eigenvalue weighted by molar-refractivity contribution is 5.80. The fourth-order valence-electron chi connectivity index (χ4n) is 3.44. The predicted octanol–water partition coefficient (Wildman–Crippen LogP) is 3.64. The average molecular weight is 266 g/mol. The molecule has 1 N–H and O–H groups in total. The number of hydrogen-bond donors (Lipinski definition) is 1. The molecule has 1 aliphatic rings. The highest BCUT2D eigenvalue weighted by atomic mass is 16.3. The Morgan fingerprint density at radius 2 is 1.70 bits per heavy atom. The minimum atomic E-state index is -0.762. The van der Waals surface area contributed by atoms with Gasteiger partial charge in [0, 0.05) is 6.20 Å². The molecule has 1 saturated carbocycles. The molecule has 0 amide bonds. The zero-order chi connectivity index (χ0) is 13.6. The van der Waals surface area contributed by atoms with Gasteiger partial charge in [-0.05, 0) is 37.1 Å². The molecule has 0 bridgehead atoms. The Balaban J connectivity index is 2.04. The van der Waals surface area contributed by atoms with Crippen molar-refractivity contribution in [3.05, 3.63) is 48.3 Å². The second-order valence-electron chi connectivity index (χ2n) is 5.80. The largest absolute Gasteiger partial charge is 0.383 e. The first kappa shape index (κ1) is 11.9. The van der Waals surface area contributed by atoms with E-state index in [0.717, 1.165) is 47.9 Å². The van der Waals surface area contributed by atoms with E-state index >= 15 is 0 Å². The summed E-state index contributed by atoms with van der Waals surface area (Å²) in [6.07, 6.45) is 7.07. The summed E-state index contributed by atoms with van der Waals surface area (Å²) in [6, 6.07) is 12.2. The van der Waals surface area contributed by atoms with Crippen LogP contribution in [0, 0.1) is 0 Å². The fraction of sp³-hybridized carbons (Fsp3) is 0.353. The molecule has 3 aromatic rings. The van der Waals surface area contributed by atoms with Gasteiger partial charge in [0.05, 0.1) is 22.2 Å². The number of benzene rings is 1. The van der Waals surface area contributed by atoms with Crippen molar-refractivity contribution in [2.75, 3.05) is 0 Å². The zero-order valence-electron chi connectivity index (χ0n) is 11.4. The van der Waals surface area contributed by atoms with E-state index in [4.69, 9.17) is 4.98 Å². The molecule has 0 aliphatic heterocycles. The van der Waals surface area contributed by atoms with Crippen LogP contribution in [0.4, 0.5) is 0 Å². The third-order valence-electron chi connectivity index (χ3n) is 4.49. The quantitative estimate of drug-likeness (QED) is 0.730.